The average molecular weight is 234 g/mol. The number of aryl methyl sites for hydroxylation is 1. The van der Waals surface area contributed by atoms with E-state index in [-0.39, 0.29) is 0 Å². The van der Waals surface area contributed by atoms with Crippen molar-refractivity contribution >= 4 is 16.5 Å². The molecule has 1 aromatic carbocycles. The second-order valence-corrected chi connectivity index (χ2v) is 4.36. The van der Waals surface area contributed by atoms with Gasteiger partial charge in [0.25, 0.3) is 0 Å². The van der Waals surface area contributed by atoms with E-state index in [9.17, 15) is 0 Å². The number of thiazole rings is 1. The first-order valence-corrected chi connectivity index (χ1v) is 6.07. The molecule has 0 fully saturated rings. The highest BCUT2D eigenvalue weighted by molar-refractivity contribution is 7.13. The lowest BCUT2D eigenvalue weighted by Gasteiger charge is -2.05. The molecule has 0 aliphatic heterocycles. The van der Waals surface area contributed by atoms with Crippen LogP contribution in [-0.4, -0.2) is 4.98 Å². The molecule has 2 rings (SSSR count). The van der Waals surface area contributed by atoms with Crippen LogP contribution in [0.1, 0.15) is 18.2 Å². The summed E-state index contributed by atoms with van der Waals surface area (Å²) in [4.78, 5) is 4.14. The Labute approximate surface area is 98.9 Å². The standard InChI is InChI=1S/C12H14N2OS/c1-2-9-4-3-5-11(6-9)15-7-10-8-16-12(13)14-10/h3-6,8H,2,7H2,1H3,(H2,13,14). The number of hydrogen-bond acceptors (Lipinski definition) is 4. The van der Waals surface area contributed by atoms with E-state index < -0.39 is 0 Å². The number of hydrogen-bond donors (Lipinski definition) is 1. The molecule has 1 heterocycles. The van der Waals surface area contributed by atoms with Crippen LogP contribution in [0.15, 0.2) is 29.6 Å². The summed E-state index contributed by atoms with van der Waals surface area (Å²) in [6, 6.07) is 8.10. The van der Waals surface area contributed by atoms with E-state index in [1.54, 1.807) is 0 Å². The molecular weight excluding hydrogens is 220 g/mol. The second-order valence-electron chi connectivity index (χ2n) is 3.47. The van der Waals surface area contributed by atoms with Gasteiger partial charge in [-0.15, -0.1) is 11.3 Å². The molecule has 0 aliphatic carbocycles. The largest absolute Gasteiger partial charge is 0.487 e. The molecule has 0 unspecified atom stereocenters. The van der Waals surface area contributed by atoms with Crippen LogP contribution < -0.4 is 10.5 Å². The Bertz CT molecular complexity index is 468. The van der Waals surface area contributed by atoms with Crippen LogP contribution in [0.5, 0.6) is 5.75 Å². The predicted molar refractivity (Wildman–Crippen MR) is 66.7 cm³/mol. The number of anilines is 1. The van der Waals surface area contributed by atoms with E-state index in [0.29, 0.717) is 11.7 Å². The Balaban J connectivity index is 1.99. The van der Waals surface area contributed by atoms with Crippen LogP contribution in [0.25, 0.3) is 0 Å². The van der Waals surface area contributed by atoms with E-state index in [1.165, 1.54) is 16.9 Å². The molecule has 0 saturated carbocycles. The van der Waals surface area contributed by atoms with Crippen LogP contribution in [0.4, 0.5) is 5.13 Å². The van der Waals surface area contributed by atoms with E-state index in [2.05, 4.69) is 24.0 Å². The topological polar surface area (TPSA) is 48.1 Å². The first-order valence-electron chi connectivity index (χ1n) is 5.19. The van der Waals surface area contributed by atoms with Crippen molar-refractivity contribution in [3.63, 3.8) is 0 Å². The molecule has 84 valence electrons. The Morgan fingerprint density at radius 1 is 1.44 bits per heavy atom. The average Bonchev–Trinajstić information content (AvgIpc) is 2.73. The maximum atomic E-state index is 5.64. The lowest BCUT2D eigenvalue weighted by Crippen LogP contribution is -1.96. The zero-order valence-electron chi connectivity index (χ0n) is 9.14. The molecule has 2 aromatic rings. The van der Waals surface area contributed by atoms with Crippen LogP contribution in [0.2, 0.25) is 0 Å². The van der Waals surface area contributed by atoms with Gasteiger partial charge in [-0.3, -0.25) is 0 Å². The van der Waals surface area contributed by atoms with E-state index in [4.69, 9.17) is 10.5 Å². The number of nitrogens with zero attached hydrogens (tertiary/aromatic N) is 1. The summed E-state index contributed by atoms with van der Waals surface area (Å²) < 4.78 is 5.64. The number of ether oxygens (including phenoxy) is 1. The molecule has 0 atom stereocenters. The maximum Gasteiger partial charge on any atom is 0.180 e. The fourth-order valence-corrected chi connectivity index (χ4v) is 1.95. The first-order chi connectivity index (χ1) is 7.78. The Morgan fingerprint density at radius 2 is 2.31 bits per heavy atom. The smallest absolute Gasteiger partial charge is 0.180 e. The van der Waals surface area contributed by atoms with Gasteiger partial charge in [-0.05, 0) is 24.1 Å². The summed E-state index contributed by atoms with van der Waals surface area (Å²) in [5, 5.41) is 2.50. The fourth-order valence-electron chi connectivity index (χ4n) is 1.40. The monoisotopic (exact) mass is 234 g/mol. The van der Waals surface area contributed by atoms with Gasteiger partial charge >= 0.3 is 0 Å². The third-order valence-electron chi connectivity index (χ3n) is 2.26. The number of aromatic nitrogens is 1. The molecule has 1 aromatic heterocycles. The van der Waals surface area contributed by atoms with Gasteiger partial charge < -0.3 is 10.5 Å². The molecule has 0 aliphatic rings. The molecule has 16 heavy (non-hydrogen) atoms. The molecule has 2 N–H and O–H groups in total. The van der Waals surface area contributed by atoms with Crippen molar-refractivity contribution in [2.45, 2.75) is 20.0 Å². The third-order valence-corrected chi connectivity index (χ3v) is 2.99. The zero-order chi connectivity index (χ0) is 11.4. The summed E-state index contributed by atoms with van der Waals surface area (Å²) in [6.45, 7) is 2.60. The number of nitrogens with two attached hydrogens (primary N) is 1. The van der Waals surface area contributed by atoms with Crippen molar-refractivity contribution < 1.29 is 4.74 Å². The van der Waals surface area contributed by atoms with Crippen LogP contribution in [0.3, 0.4) is 0 Å². The Morgan fingerprint density at radius 3 is 3.00 bits per heavy atom. The van der Waals surface area contributed by atoms with Gasteiger partial charge in [0.05, 0.1) is 5.69 Å². The minimum Gasteiger partial charge on any atom is -0.487 e. The lowest BCUT2D eigenvalue weighted by molar-refractivity contribution is 0.302. The van der Waals surface area contributed by atoms with Gasteiger partial charge in [0.2, 0.25) is 0 Å². The molecule has 4 heteroatoms. The van der Waals surface area contributed by atoms with Crippen LogP contribution >= 0.6 is 11.3 Å². The van der Waals surface area contributed by atoms with Gasteiger partial charge in [0.15, 0.2) is 5.13 Å². The third kappa shape index (κ3) is 2.73. The lowest BCUT2D eigenvalue weighted by atomic mass is 10.2. The van der Waals surface area contributed by atoms with Gasteiger partial charge in [0, 0.05) is 5.38 Å². The van der Waals surface area contributed by atoms with E-state index >= 15 is 0 Å². The Hall–Kier alpha value is -1.55. The quantitative estimate of drug-likeness (QED) is 0.885. The SMILES string of the molecule is CCc1cccc(OCc2csc(N)n2)c1. The van der Waals surface area contributed by atoms with Crippen molar-refractivity contribution in [1.29, 1.82) is 0 Å². The number of benzene rings is 1. The highest BCUT2D eigenvalue weighted by Gasteiger charge is 2.00. The molecule has 3 nitrogen and oxygen atoms in total. The maximum absolute atomic E-state index is 5.64. The Kier molecular flexibility index (Phi) is 3.41. The van der Waals surface area contributed by atoms with Gasteiger partial charge in [-0.25, -0.2) is 4.98 Å². The van der Waals surface area contributed by atoms with Crippen molar-refractivity contribution in [1.82, 2.24) is 4.98 Å². The molecule has 0 bridgehead atoms. The van der Waals surface area contributed by atoms with Crippen molar-refractivity contribution in [2.24, 2.45) is 0 Å². The summed E-state index contributed by atoms with van der Waals surface area (Å²) in [5.74, 6) is 0.880. The van der Waals surface area contributed by atoms with E-state index in [1.807, 2.05) is 17.5 Å². The fraction of sp³-hybridized carbons (Fsp3) is 0.250. The van der Waals surface area contributed by atoms with Crippen molar-refractivity contribution in [3.8, 4) is 5.75 Å². The van der Waals surface area contributed by atoms with Crippen molar-refractivity contribution in [3.05, 3.63) is 40.9 Å². The summed E-state index contributed by atoms with van der Waals surface area (Å²) in [5.41, 5.74) is 7.70. The molecule has 0 spiro atoms. The highest BCUT2D eigenvalue weighted by Crippen LogP contribution is 2.17. The second kappa shape index (κ2) is 4.99. The van der Waals surface area contributed by atoms with Crippen LogP contribution in [0, 0.1) is 0 Å². The summed E-state index contributed by atoms with van der Waals surface area (Å²) in [7, 11) is 0. The van der Waals surface area contributed by atoms with Crippen molar-refractivity contribution in [2.75, 3.05) is 5.73 Å². The summed E-state index contributed by atoms with van der Waals surface area (Å²) >= 11 is 1.43. The first kappa shape index (κ1) is 11.0. The molecule has 0 saturated heterocycles. The number of rotatable bonds is 4. The minimum atomic E-state index is 0.473. The van der Waals surface area contributed by atoms with Gasteiger partial charge in [-0.2, -0.15) is 0 Å². The molecule has 0 amide bonds. The number of nitrogen functional groups attached to an aromatic ring is 1. The highest BCUT2D eigenvalue weighted by atomic mass is 32.1. The normalized spacial score (nSPS) is 10.3. The molecular formula is C12H14N2OS. The molecule has 0 radical (unpaired) electrons. The van der Waals surface area contributed by atoms with Crippen LogP contribution in [-0.2, 0) is 13.0 Å². The van der Waals surface area contributed by atoms with Gasteiger partial charge in [-0.1, -0.05) is 19.1 Å². The zero-order valence-corrected chi connectivity index (χ0v) is 9.96. The predicted octanol–water partition coefficient (Wildman–Crippen LogP) is 2.87. The van der Waals surface area contributed by atoms with E-state index in [0.717, 1.165) is 17.9 Å². The summed E-state index contributed by atoms with van der Waals surface area (Å²) in [6.07, 6.45) is 1.01. The minimum absolute atomic E-state index is 0.473. The van der Waals surface area contributed by atoms with Gasteiger partial charge in [0.1, 0.15) is 12.4 Å².